The predicted molar refractivity (Wildman–Crippen MR) is 215 cm³/mol. The maximum absolute atomic E-state index is 12.9. The molecule has 0 saturated carbocycles. The van der Waals surface area contributed by atoms with Crippen LogP contribution < -0.4 is 0 Å². The highest BCUT2D eigenvalue weighted by Gasteiger charge is 2.32. The fraction of sp³-hybridized carbons (Fsp3) is 0.905. The number of hydrogen-bond donors (Lipinski definition) is 2. The summed E-state index contributed by atoms with van der Waals surface area (Å²) in [4.78, 5) is 44.0. The second-order valence-corrected chi connectivity index (χ2v) is 17.2. The molecule has 0 spiro atoms. The topological polar surface area (TPSA) is 119 Å². The third kappa shape index (κ3) is 35.8. The molecule has 9 nitrogen and oxygen atoms in total. The molecule has 0 aromatic heterocycles. The van der Waals surface area contributed by atoms with Gasteiger partial charge in [0.2, 0.25) is 0 Å². The van der Waals surface area contributed by atoms with Crippen LogP contribution in [0, 0.1) is 0 Å². The zero-order valence-corrected chi connectivity index (χ0v) is 35.4. The van der Waals surface area contributed by atoms with Gasteiger partial charge in [-0.05, 0) is 38.5 Å². The minimum absolute atomic E-state index is 0.0815. The first-order chi connectivity index (χ1) is 24.9. The SMILES string of the molecule is CCCCCCCC/C=C\CCCCCCCC(=O)O[C@@H](COC(=O)CCCCCCCCCCCCCCC)CC(COP(=O)(O)O)[N+](C)(C)C. The maximum Gasteiger partial charge on any atom is 0.469 e. The molecule has 0 saturated heterocycles. The molecule has 0 bridgehead atoms. The van der Waals surface area contributed by atoms with E-state index in [4.69, 9.17) is 14.0 Å². The van der Waals surface area contributed by atoms with E-state index in [0.29, 0.717) is 10.9 Å². The molecule has 0 aliphatic rings. The number of carbonyl (C=O) groups excluding carboxylic acids is 2. The Bertz CT molecular complexity index is 916. The summed E-state index contributed by atoms with van der Waals surface area (Å²) in [6.45, 7) is 4.20. The quantitative estimate of drug-likeness (QED) is 0.0210. The van der Waals surface area contributed by atoms with Gasteiger partial charge in [-0.2, -0.15) is 0 Å². The molecule has 0 radical (unpaired) electrons. The van der Waals surface area contributed by atoms with E-state index >= 15 is 0 Å². The number of nitrogens with zero attached hydrogens (tertiary/aromatic N) is 1. The molecule has 0 aromatic carbocycles. The molecule has 0 amide bonds. The van der Waals surface area contributed by atoms with Crippen LogP contribution in [0.5, 0.6) is 0 Å². The minimum atomic E-state index is -4.67. The van der Waals surface area contributed by atoms with Gasteiger partial charge in [0, 0.05) is 19.3 Å². The third-order valence-electron chi connectivity index (χ3n) is 9.92. The summed E-state index contributed by atoms with van der Waals surface area (Å²) >= 11 is 0. The van der Waals surface area contributed by atoms with E-state index in [1.165, 1.54) is 109 Å². The normalized spacial score (nSPS) is 13.4. The standard InChI is InChI=1S/C42H82NO8P/c1-6-8-10-12-14-16-18-20-21-23-25-27-29-31-33-35-42(45)51-40(36-39(43(3,4)5)37-50-52(46,47)48)38-49-41(44)34-32-30-28-26-24-22-19-17-15-13-11-9-7-2/h20-21,39-40H,6-19,22-38H2,1-5H3,(H-,46,47,48)/p+1/b21-20-/t39?,40-/m1/s1. The number of likely N-dealkylation sites (N-methyl/N-ethyl adjacent to an activating group) is 1. The molecule has 0 aromatic rings. The molecule has 0 aliphatic heterocycles. The van der Waals surface area contributed by atoms with Crippen LogP contribution in [0.4, 0.5) is 0 Å². The lowest BCUT2D eigenvalue weighted by atomic mass is 10.0. The number of phosphoric ester groups is 1. The molecule has 52 heavy (non-hydrogen) atoms. The first-order valence-corrected chi connectivity index (χ1v) is 22.9. The van der Waals surface area contributed by atoms with E-state index in [2.05, 4.69) is 26.0 Å². The van der Waals surface area contributed by atoms with Crippen LogP contribution in [0.25, 0.3) is 0 Å². The van der Waals surface area contributed by atoms with Crippen LogP contribution >= 0.6 is 7.82 Å². The summed E-state index contributed by atoms with van der Waals surface area (Å²) in [6.07, 6.45) is 36.1. The van der Waals surface area contributed by atoms with Gasteiger partial charge in [-0.25, -0.2) is 4.57 Å². The number of unbranched alkanes of at least 4 members (excludes halogenated alkanes) is 23. The van der Waals surface area contributed by atoms with Crippen molar-refractivity contribution in [2.75, 3.05) is 34.4 Å². The Morgan fingerprint density at radius 3 is 1.37 bits per heavy atom. The lowest BCUT2D eigenvalue weighted by molar-refractivity contribution is -0.897. The molecule has 0 aliphatic carbocycles. The lowest BCUT2D eigenvalue weighted by Crippen LogP contribution is -2.50. The number of ether oxygens (including phenoxy) is 2. The molecule has 308 valence electrons. The van der Waals surface area contributed by atoms with Crippen molar-refractivity contribution < 1.29 is 42.4 Å². The zero-order chi connectivity index (χ0) is 38.8. The smallest absolute Gasteiger partial charge is 0.462 e. The van der Waals surface area contributed by atoms with E-state index in [1.807, 2.05) is 21.1 Å². The summed E-state index contributed by atoms with van der Waals surface area (Å²) in [6, 6.07) is -0.398. The number of rotatable bonds is 38. The monoisotopic (exact) mass is 761 g/mol. The van der Waals surface area contributed by atoms with Gasteiger partial charge < -0.3 is 23.7 Å². The summed E-state index contributed by atoms with van der Waals surface area (Å²) in [5.41, 5.74) is 0. The predicted octanol–water partition coefficient (Wildman–Crippen LogP) is 11.5. The number of hydrogen-bond acceptors (Lipinski definition) is 6. The maximum atomic E-state index is 12.9. The lowest BCUT2D eigenvalue weighted by Gasteiger charge is -2.35. The van der Waals surface area contributed by atoms with Crippen molar-refractivity contribution in [1.82, 2.24) is 0 Å². The highest BCUT2D eigenvalue weighted by Crippen LogP contribution is 2.36. The van der Waals surface area contributed by atoms with Gasteiger partial charge in [0.15, 0.2) is 0 Å². The number of quaternary nitrogens is 1. The second kappa shape index (κ2) is 34.3. The molecule has 2 N–H and O–H groups in total. The van der Waals surface area contributed by atoms with E-state index in [0.717, 1.165) is 57.8 Å². The molecular weight excluding hydrogens is 677 g/mol. The average Bonchev–Trinajstić information content (AvgIpc) is 3.08. The Kier molecular flexibility index (Phi) is 33.4. The summed E-state index contributed by atoms with van der Waals surface area (Å²) in [5, 5.41) is 0. The fourth-order valence-corrected chi connectivity index (χ4v) is 6.74. The molecule has 10 heteroatoms. The number of allylic oxidation sites excluding steroid dienone is 2. The Morgan fingerprint density at radius 1 is 0.577 bits per heavy atom. The van der Waals surface area contributed by atoms with Crippen LogP contribution in [0.15, 0.2) is 12.2 Å². The van der Waals surface area contributed by atoms with Gasteiger partial charge >= 0.3 is 19.8 Å². The largest absolute Gasteiger partial charge is 0.469 e. The van der Waals surface area contributed by atoms with Gasteiger partial charge in [0.25, 0.3) is 0 Å². The molecule has 0 heterocycles. The van der Waals surface area contributed by atoms with E-state index in [9.17, 15) is 23.9 Å². The second-order valence-electron chi connectivity index (χ2n) is 15.9. The van der Waals surface area contributed by atoms with Gasteiger partial charge in [-0.15, -0.1) is 0 Å². The Hall–Kier alpha value is -1.25. The number of phosphoric acid groups is 1. The Morgan fingerprint density at radius 2 is 0.962 bits per heavy atom. The molecule has 1 unspecified atom stereocenters. The van der Waals surface area contributed by atoms with Crippen LogP contribution in [0.2, 0.25) is 0 Å². The fourth-order valence-electron chi connectivity index (χ4n) is 6.37. The highest BCUT2D eigenvalue weighted by atomic mass is 31.2. The van der Waals surface area contributed by atoms with Crippen molar-refractivity contribution in [2.24, 2.45) is 0 Å². The van der Waals surface area contributed by atoms with Crippen molar-refractivity contribution in [3.05, 3.63) is 12.2 Å². The molecule has 2 atom stereocenters. The molecule has 0 rings (SSSR count). The van der Waals surface area contributed by atoms with Crippen molar-refractivity contribution in [1.29, 1.82) is 0 Å². The van der Waals surface area contributed by atoms with Gasteiger partial charge in [0.1, 0.15) is 25.4 Å². The Balaban J connectivity index is 4.52. The van der Waals surface area contributed by atoms with Gasteiger partial charge in [-0.3, -0.25) is 14.1 Å². The van der Waals surface area contributed by atoms with Crippen LogP contribution in [-0.4, -0.2) is 72.7 Å². The number of carbonyl (C=O) groups is 2. The zero-order valence-electron chi connectivity index (χ0n) is 34.5. The third-order valence-corrected chi connectivity index (χ3v) is 10.4. The van der Waals surface area contributed by atoms with E-state index in [-0.39, 0.29) is 38.0 Å². The van der Waals surface area contributed by atoms with E-state index < -0.39 is 20.0 Å². The summed E-state index contributed by atoms with van der Waals surface area (Å²) < 4.78 is 28.0. The van der Waals surface area contributed by atoms with Crippen molar-refractivity contribution in [2.45, 2.75) is 212 Å². The van der Waals surface area contributed by atoms with Crippen molar-refractivity contribution in [3.63, 3.8) is 0 Å². The van der Waals surface area contributed by atoms with Crippen LogP contribution in [-0.2, 0) is 28.2 Å². The Labute approximate surface area is 320 Å². The van der Waals surface area contributed by atoms with Crippen LogP contribution in [0.1, 0.15) is 200 Å². The van der Waals surface area contributed by atoms with Crippen molar-refractivity contribution >= 4 is 19.8 Å². The first kappa shape index (κ1) is 50.8. The first-order valence-electron chi connectivity index (χ1n) is 21.4. The average molecular weight is 761 g/mol. The van der Waals surface area contributed by atoms with E-state index in [1.54, 1.807) is 0 Å². The van der Waals surface area contributed by atoms with Crippen LogP contribution in [0.3, 0.4) is 0 Å². The summed E-state index contributed by atoms with van der Waals surface area (Å²) in [5.74, 6) is -0.652. The molecular formula is C42H83NO8P+. The number of esters is 2. The van der Waals surface area contributed by atoms with Crippen molar-refractivity contribution in [3.8, 4) is 0 Å². The van der Waals surface area contributed by atoms with Gasteiger partial charge in [-0.1, -0.05) is 154 Å². The summed E-state index contributed by atoms with van der Waals surface area (Å²) in [7, 11) is 0.991. The van der Waals surface area contributed by atoms with Gasteiger partial charge in [0.05, 0.1) is 21.1 Å². The minimum Gasteiger partial charge on any atom is -0.462 e. The molecule has 0 fully saturated rings. The highest BCUT2D eigenvalue weighted by molar-refractivity contribution is 7.46.